The minimum Gasteiger partial charge on any atom is -0.395 e. The van der Waals surface area contributed by atoms with Crippen LogP contribution >= 0.6 is 0 Å². The number of aliphatic hydroxyl groups is 1. The molecule has 0 radical (unpaired) electrons. The van der Waals surface area contributed by atoms with Gasteiger partial charge in [0, 0.05) is 12.1 Å². The van der Waals surface area contributed by atoms with Gasteiger partial charge in [-0.05, 0) is 26.2 Å². The van der Waals surface area contributed by atoms with Crippen LogP contribution in [-0.2, 0) is 0 Å². The molecule has 0 amide bonds. The van der Waals surface area contributed by atoms with Crippen LogP contribution in [0.4, 0.5) is 0 Å². The molecule has 0 saturated heterocycles. The van der Waals surface area contributed by atoms with E-state index in [0.29, 0.717) is 6.04 Å². The normalized spacial score (nSPS) is 16.9. The first kappa shape index (κ1) is 10.9. The van der Waals surface area contributed by atoms with Crippen molar-refractivity contribution in [2.75, 3.05) is 6.61 Å². The predicted molar refractivity (Wildman–Crippen MR) is 48.6 cm³/mol. The Balaban J connectivity index is 3.43. The van der Waals surface area contributed by atoms with Crippen LogP contribution in [0.5, 0.6) is 0 Å². The van der Waals surface area contributed by atoms with Crippen molar-refractivity contribution in [3.63, 3.8) is 0 Å². The zero-order valence-electron chi connectivity index (χ0n) is 8.09. The van der Waals surface area contributed by atoms with Crippen molar-refractivity contribution >= 4 is 0 Å². The first-order valence-corrected chi connectivity index (χ1v) is 4.43. The quantitative estimate of drug-likeness (QED) is 0.635. The van der Waals surface area contributed by atoms with E-state index < -0.39 is 0 Å². The van der Waals surface area contributed by atoms with Crippen molar-refractivity contribution in [2.45, 2.75) is 46.2 Å². The minimum atomic E-state index is 0.225. The SMILES string of the molecule is CC(C)CC(C)N[C@H](C)CO. The van der Waals surface area contributed by atoms with Gasteiger partial charge in [-0.25, -0.2) is 0 Å². The lowest BCUT2D eigenvalue weighted by Crippen LogP contribution is -2.37. The van der Waals surface area contributed by atoms with E-state index in [1.165, 1.54) is 6.42 Å². The highest BCUT2D eigenvalue weighted by molar-refractivity contribution is 4.67. The summed E-state index contributed by atoms with van der Waals surface area (Å²) in [7, 11) is 0. The van der Waals surface area contributed by atoms with Crippen molar-refractivity contribution in [3.8, 4) is 0 Å². The van der Waals surface area contributed by atoms with Gasteiger partial charge in [-0.1, -0.05) is 13.8 Å². The summed E-state index contributed by atoms with van der Waals surface area (Å²) >= 11 is 0. The Kier molecular flexibility index (Phi) is 5.51. The molecular formula is C9H21NO. The van der Waals surface area contributed by atoms with E-state index in [2.05, 4.69) is 26.1 Å². The standard InChI is InChI=1S/C9H21NO/c1-7(2)5-8(3)10-9(4)6-11/h7-11H,5-6H2,1-4H3/t8?,9-/m1/s1. The summed E-state index contributed by atoms with van der Waals surface area (Å²) < 4.78 is 0. The van der Waals surface area contributed by atoms with Gasteiger partial charge in [0.05, 0.1) is 6.61 Å². The van der Waals surface area contributed by atoms with Gasteiger partial charge in [-0.2, -0.15) is 0 Å². The Morgan fingerprint density at radius 2 is 1.64 bits per heavy atom. The van der Waals surface area contributed by atoms with Crippen LogP contribution in [-0.4, -0.2) is 23.8 Å². The van der Waals surface area contributed by atoms with Gasteiger partial charge in [0.15, 0.2) is 0 Å². The maximum atomic E-state index is 8.76. The van der Waals surface area contributed by atoms with Crippen LogP contribution < -0.4 is 5.32 Å². The number of hydrogen-bond donors (Lipinski definition) is 2. The number of rotatable bonds is 5. The molecule has 0 aromatic rings. The Hall–Kier alpha value is -0.0800. The summed E-state index contributed by atoms with van der Waals surface area (Å²) in [4.78, 5) is 0. The largest absolute Gasteiger partial charge is 0.395 e. The van der Waals surface area contributed by atoms with Gasteiger partial charge >= 0.3 is 0 Å². The summed E-state index contributed by atoms with van der Waals surface area (Å²) in [6.07, 6.45) is 1.17. The van der Waals surface area contributed by atoms with E-state index in [4.69, 9.17) is 5.11 Å². The summed E-state index contributed by atoms with van der Waals surface area (Å²) in [5.41, 5.74) is 0. The topological polar surface area (TPSA) is 32.3 Å². The second-order valence-corrected chi connectivity index (χ2v) is 3.78. The molecule has 1 unspecified atom stereocenters. The Bertz CT molecular complexity index is 93.6. The van der Waals surface area contributed by atoms with E-state index in [1.807, 2.05) is 6.92 Å². The molecule has 0 heterocycles. The highest BCUT2D eigenvalue weighted by Crippen LogP contribution is 2.04. The van der Waals surface area contributed by atoms with E-state index in [0.717, 1.165) is 5.92 Å². The third-order valence-corrected chi connectivity index (χ3v) is 1.67. The molecule has 0 aromatic heterocycles. The van der Waals surface area contributed by atoms with Crippen LogP contribution in [0.25, 0.3) is 0 Å². The molecule has 0 saturated carbocycles. The highest BCUT2D eigenvalue weighted by Gasteiger charge is 2.07. The summed E-state index contributed by atoms with van der Waals surface area (Å²) in [6.45, 7) is 8.80. The second-order valence-electron chi connectivity index (χ2n) is 3.78. The number of nitrogens with one attached hydrogen (secondary N) is 1. The van der Waals surface area contributed by atoms with Crippen LogP contribution in [0.1, 0.15) is 34.1 Å². The van der Waals surface area contributed by atoms with Gasteiger partial charge in [-0.3, -0.25) is 0 Å². The van der Waals surface area contributed by atoms with Crippen molar-refractivity contribution in [1.29, 1.82) is 0 Å². The summed E-state index contributed by atoms with van der Waals surface area (Å²) in [6, 6.07) is 0.737. The third-order valence-electron chi connectivity index (χ3n) is 1.67. The fourth-order valence-corrected chi connectivity index (χ4v) is 1.31. The number of hydrogen-bond acceptors (Lipinski definition) is 2. The maximum absolute atomic E-state index is 8.76. The van der Waals surface area contributed by atoms with Crippen LogP contribution in [0, 0.1) is 5.92 Å². The molecule has 11 heavy (non-hydrogen) atoms. The molecule has 0 aromatic carbocycles. The minimum absolute atomic E-state index is 0.225. The van der Waals surface area contributed by atoms with Gasteiger partial charge < -0.3 is 10.4 Å². The van der Waals surface area contributed by atoms with Crippen molar-refractivity contribution in [2.24, 2.45) is 5.92 Å². The molecule has 68 valence electrons. The molecule has 0 bridgehead atoms. The Labute approximate surface area is 70.0 Å². The lowest BCUT2D eigenvalue weighted by Gasteiger charge is -2.19. The van der Waals surface area contributed by atoms with Gasteiger partial charge in [-0.15, -0.1) is 0 Å². The molecule has 0 aliphatic carbocycles. The molecule has 2 N–H and O–H groups in total. The molecule has 2 nitrogen and oxygen atoms in total. The van der Waals surface area contributed by atoms with E-state index in [-0.39, 0.29) is 12.6 Å². The van der Waals surface area contributed by atoms with E-state index >= 15 is 0 Å². The van der Waals surface area contributed by atoms with Crippen LogP contribution in [0.15, 0.2) is 0 Å². The monoisotopic (exact) mass is 159 g/mol. The molecule has 2 heteroatoms. The predicted octanol–water partition coefficient (Wildman–Crippen LogP) is 1.39. The highest BCUT2D eigenvalue weighted by atomic mass is 16.3. The third kappa shape index (κ3) is 6.32. The molecule has 0 spiro atoms. The number of aliphatic hydroxyl groups excluding tert-OH is 1. The molecular weight excluding hydrogens is 138 g/mol. The fourth-order valence-electron chi connectivity index (χ4n) is 1.31. The first-order valence-electron chi connectivity index (χ1n) is 4.43. The van der Waals surface area contributed by atoms with Crippen molar-refractivity contribution in [1.82, 2.24) is 5.32 Å². The average Bonchev–Trinajstić information content (AvgIpc) is 1.85. The Morgan fingerprint density at radius 3 is 2.00 bits per heavy atom. The van der Waals surface area contributed by atoms with Crippen LogP contribution in [0.2, 0.25) is 0 Å². The first-order chi connectivity index (χ1) is 5.06. The molecule has 0 fully saturated rings. The molecule has 0 rings (SSSR count). The Morgan fingerprint density at radius 1 is 1.09 bits per heavy atom. The fraction of sp³-hybridized carbons (Fsp3) is 1.00. The van der Waals surface area contributed by atoms with Gasteiger partial charge in [0.1, 0.15) is 0 Å². The van der Waals surface area contributed by atoms with E-state index in [9.17, 15) is 0 Å². The zero-order chi connectivity index (χ0) is 8.85. The second kappa shape index (κ2) is 5.56. The van der Waals surface area contributed by atoms with Crippen molar-refractivity contribution < 1.29 is 5.11 Å². The van der Waals surface area contributed by atoms with Crippen molar-refractivity contribution in [3.05, 3.63) is 0 Å². The lowest BCUT2D eigenvalue weighted by molar-refractivity contribution is 0.237. The van der Waals surface area contributed by atoms with E-state index in [1.54, 1.807) is 0 Å². The summed E-state index contributed by atoms with van der Waals surface area (Å²) in [5, 5.41) is 12.1. The van der Waals surface area contributed by atoms with Crippen LogP contribution in [0.3, 0.4) is 0 Å². The maximum Gasteiger partial charge on any atom is 0.0582 e. The molecule has 0 aliphatic heterocycles. The zero-order valence-corrected chi connectivity index (χ0v) is 8.09. The van der Waals surface area contributed by atoms with Gasteiger partial charge in [0.25, 0.3) is 0 Å². The smallest absolute Gasteiger partial charge is 0.0582 e. The molecule has 2 atom stereocenters. The average molecular weight is 159 g/mol. The lowest BCUT2D eigenvalue weighted by atomic mass is 10.0. The summed E-state index contributed by atoms with van der Waals surface area (Å²) in [5.74, 6) is 0.725. The van der Waals surface area contributed by atoms with Gasteiger partial charge in [0.2, 0.25) is 0 Å². The molecule has 0 aliphatic rings.